The van der Waals surface area contributed by atoms with E-state index in [4.69, 9.17) is 5.73 Å². The zero-order chi connectivity index (χ0) is 7.40. The molecule has 0 unspecified atom stereocenters. The van der Waals surface area contributed by atoms with Crippen LogP contribution in [0.5, 0.6) is 0 Å². The predicted octanol–water partition coefficient (Wildman–Crippen LogP) is 0.392. The highest BCUT2D eigenvalue weighted by Gasteiger charge is 1.87. The molecular formula is C7H11N3. The molecule has 0 aliphatic carbocycles. The third-order valence-electron chi connectivity index (χ3n) is 1.15. The minimum Gasteiger partial charge on any atom is -0.340 e. The summed E-state index contributed by atoms with van der Waals surface area (Å²) < 4.78 is 1.90. The van der Waals surface area contributed by atoms with Gasteiger partial charge in [0, 0.05) is 19.8 Å². The van der Waals surface area contributed by atoms with Crippen molar-refractivity contribution in [2.24, 2.45) is 12.8 Å². The first-order valence-corrected chi connectivity index (χ1v) is 3.17. The van der Waals surface area contributed by atoms with Crippen molar-refractivity contribution in [2.75, 3.05) is 6.54 Å². The van der Waals surface area contributed by atoms with E-state index in [0.717, 1.165) is 5.69 Å². The average molecular weight is 137 g/mol. The van der Waals surface area contributed by atoms with E-state index >= 15 is 0 Å². The molecule has 0 amide bonds. The van der Waals surface area contributed by atoms with E-state index in [1.54, 1.807) is 6.33 Å². The molecule has 0 aromatic carbocycles. The van der Waals surface area contributed by atoms with Crippen LogP contribution in [-0.2, 0) is 7.05 Å². The number of nitrogens with zero attached hydrogens (tertiary/aromatic N) is 2. The lowest BCUT2D eigenvalue weighted by Gasteiger charge is -1.81. The van der Waals surface area contributed by atoms with Crippen molar-refractivity contribution in [1.82, 2.24) is 9.55 Å². The second-order valence-corrected chi connectivity index (χ2v) is 2.10. The number of nitrogens with two attached hydrogens (primary N) is 1. The van der Waals surface area contributed by atoms with Crippen LogP contribution in [0.2, 0.25) is 0 Å². The van der Waals surface area contributed by atoms with Crippen LogP contribution in [0.1, 0.15) is 5.69 Å². The standard InChI is InChI=1S/C7H11N3/c1-10-5-7(9-6-10)3-2-4-8/h2-3,5-6H,4,8H2,1H3. The fourth-order valence-corrected chi connectivity index (χ4v) is 0.708. The lowest BCUT2D eigenvalue weighted by Crippen LogP contribution is -1.91. The molecule has 1 heterocycles. The van der Waals surface area contributed by atoms with Crippen molar-refractivity contribution in [3.8, 4) is 0 Å². The summed E-state index contributed by atoms with van der Waals surface area (Å²) in [6.07, 6.45) is 7.48. The van der Waals surface area contributed by atoms with Crippen LogP contribution in [0, 0.1) is 0 Å². The first kappa shape index (κ1) is 7.02. The molecule has 3 heteroatoms. The maximum atomic E-state index is 5.26. The second-order valence-electron chi connectivity index (χ2n) is 2.10. The molecule has 0 radical (unpaired) electrons. The van der Waals surface area contributed by atoms with Gasteiger partial charge in [-0.2, -0.15) is 0 Å². The van der Waals surface area contributed by atoms with Crippen LogP contribution in [-0.4, -0.2) is 16.1 Å². The highest BCUT2D eigenvalue weighted by Crippen LogP contribution is 1.95. The fourth-order valence-electron chi connectivity index (χ4n) is 0.708. The van der Waals surface area contributed by atoms with E-state index in [9.17, 15) is 0 Å². The van der Waals surface area contributed by atoms with E-state index in [1.165, 1.54) is 0 Å². The molecule has 54 valence electrons. The summed E-state index contributed by atoms with van der Waals surface area (Å²) in [4.78, 5) is 4.07. The lowest BCUT2D eigenvalue weighted by atomic mass is 10.4. The van der Waals surface area contributed by atoms with Crippen molar-refractivity contribution in [1.29, 1.82) is 0 Å². The molecule has 10 heavy (non-hydrogen) atoms. The van der Waals surface area contributed by atoms with Gasteiger partial charge >= 0.3 is 0 Å². The smallest absolute Gasteiger partial charge is 0.0950 e. The van der Waals surface area contributed by atoms with Crippen LogP contribution in [0.4, 0.5) is 0 Å². The Morgan fingerprint density at radius 1 is 1.80 bits per heavy atom. The van der Waals surface area contributed by atoms with Gasteiger partial charge in [-0.05, 0) is 6.08 Å². The quantitative estimate of drug-likeness (QED) is 0.641. The van der Waals surface area contributed by atoms with Gasteiger partial charge in [0.25, 0.3) is 0 Å². The topological polar surface area (TPSA) is 43.8 Å². The molecule has 3 nitrogen and oxygen atoms in total. The summed E-state index contributed by atoms with van der Waals surface area (Å²) in [5.74, 6) is 0. The molecule has 0 aliphatic heterocycles. The van der Waals surface area contributed by atoms with Gasteiger partial charge in [0.1, 0.15) is 0 Å². The molecule has 0 spiro atoms. The molecule has 1 aromatic heterocycles. The molecule has 0 fully saturated rings. The Hall–Kier alpha value is -1.09. The SMILES string of the molecule is Cn1cnc(C=CCN)c1. The number of imidazole rings is 1. The van der Waals surface area contributed by atoms with Crippen LogP contribution < -0.4 is 5.73 Å². The molecule has 0 aliphatic rings. The van der Waals surface area contributed by atoms with E-state index in [-0.39, 0.29) is 0 Å². The Balaban J connectivity index is 2.67. The maximum Gasteiger partial charge on any atom is 0.0950 e. The minimum absolute atomic E-state index is 0.566. The Morgan fingerprint density at radius 2 is 2.60 bits per heavy atom. The molecule has 1 aromatic rings. The second kappa shape index (κ2) is 3.17. The average Bonchev–Trinajstić information content (AvgIpc) is 2.31. The molecule has 1 rings (SSSR count). The van der Waals surface area contributed by atoms with Crippen molar-refractivity contribution >= 4 is 6.08 Å². The number of hydrogen-bond acceptors (Lipinski definition) is 2. The zero-order valence-electron chi connectivity index (χ0n) is 5.99. The monoisotopic (exact) mass is 137 g/mol. The first-order chi connectivity index (χ1) is 4.83. The highest BCUT2D eigenvalue weighted by molar-refractivity contribution is 5.42. The molecule has 0 bridgehead atoms. The number of aromatic nitrogens is 2. The highest BCUT2D eigenvalue weighted by atomic mass is 15.0. The minimum atomic E-state index is 0.566. The van der Waals surface area contributed by atoms with Gasteiger partial charge < -0.3 is 10.3 Å². The summed E-state index contributed by atoms with van der Waals surface area (Å²) in [5.41, 5.74) is 6.21. The summed E-state index contributed by atoms with van der Waals surface area (Å²) in [6.45, 7) is 0.566. The Kier molecular flexibility index (Phi) is 2.23. The van der Waals surface area contributed by atoms with Crippen LogP contribution in [0.3, 0.4) is 0 Å². The van der Waals surface area contributed by atoms with Crippen molar-refractivity contribution in [3.63, 3.8) is 0 Å². The summed E-state index contributed by atoms with van der Waals surface area (Å²) >= 11 is 0. The van der Waals surface area contributed by atoms with E-state index in [1.807, 2.05) is 30.0 Å². The Morgan fingerprint density at radius 3 is 3.10 bits per heavy atom. The molecule has 0 atom stereocenters. The number of hydrogen-bond donors (Lipinski definition) is 1. The van der Waals surface area contributed by atoms with E-state index in [0.29, 0.717) is 6.54 Å². The zero-order valence-corrected chi connectivity index (χ0v) is 5.99. The van der Waals surface area contributed by atoms with Gasteiger partial charge in [-0.25, -0.2) is 4.98 Å². The predicted molar refractivity (Wildman–Crippen MR) is 41.3 cm³/mol. The summed E-state index contributed by atoms with van der Waals surface area (Å²) in [7, 11) is 1.94. The van der Waals surface area contributed by atoms with Gasteiger partial charge in [0.05, 0.1) is 12.0 Å². The summed E-state index contributed by atoms with van der Waals surface area (Å²) in [5, 5.41) is 0. The first-order valence-electron chi connectivity index (χ1n) is 3.17. The largest absolute Gasteiger partial charge is 0.340 e. The van der Waals surface area contributed by atoms with Gasteiger partial charge in [0.2, 0.25) is 0 Å². The lowest BCUT2D eigenvalue weighted by molar-refractivity contribution is 0.913. The molecular weight excluding hydrogens is 126 g/mol. The van der Waals surface area contributed by atoms with Gasteiger partial charge in [0.15, 0.2) is 0 Å². The van der Waals surface area contributed by atoms with Gasteiger partial charge in [-0.15, -0.1) is 0 Å². The van der Waals surface area contributed by atoms with Crippen LogP contribution in [0.15, 0.2) is 18.6 Å². The maximum absolute atomic E-state index is 5.26. The fraction of sp³-hybridized carbons (Fsp3) is 0.286. The third-order valence-corrected chi connectivity index (χ3v) is 1.15. The number of aryl methyl sites for hydroxylation is 1. The van der Waals surface area contributed by atoms with E-state index < -0.39 is 0 Å². The Bertz CT molecular complexity index is 225. The van der Waals surface area contributed by atoms with Crippen molar-refractivity contribution in [3.05, 3.63) is 24.3 Å². The van der Waals surface area contributed by atoms with Gasteiger partial charge in [-0.1, -0.05) is 6.08 Å². The molecule has 0 saturated carbocycles. The van der Waals surface area contributed by atoms with Gasteiger partial charge in [-0.3, -0.25) is 0 Å². The molecule has 2 N–H and O–H groups in total. The summed E-state index contributed by atoms with van der Waals surface area (Å²) in [6, 6.07) is 0. The van der Waals surface area contributed by atoms with Crippen molar-refractivity contribution < 1.29 is 0 Å². The van der Waals surface area contributed by atoms with Crippen LogP contribution >= 0.6 is 0 Å². The Labute approximate surface area is 60.2 Å². The number of rotatable bonds is 2. The van der Waals surface area contributed by atoms with Crippen LogP contribution in [0.25, 0.3) is 6.08 Å². The molecule has 0 saturated heterocycles. The van der Waals surface area contributed by atoms with E-state index in [2.05, 4.69) is 4.98 Å². The normalized spacial score (nSPS) is 11.0. The van der Waals surface area contributed by atoms with Crippen molar-refractivity contribution in [2.45, 2.75) is 0 Å². The third kappa shape index (κ3) is 1.70.